The monoisotopic (exact) mass is 182 g/mol. The smallest absolute Gasteiger partial charge is 0.220 e. The fourth-order valence-electron chi connectivity index (χ4n) is 2.17. The molecule has 0 atom stereocenters. The molecular weight excluding hydrogens is 164 g/mol. The van der Waals surface area contributed by atoms with Crippen LogP contribution in [0.5, 0.6) is 0 Å². The van der Waals surface area contributed by atoms with E-state index < -0.39 is 0 Å². The van der Waals surface area contributed by atoms with Gasteiger partial charge in [0.15, 0.2) is 0 Å². The van der Waals surface area contributed by atoms with Crippen LogP contribution in [-0.4, -0.2) is 35.0 Å². The van der Waals surface area contributed by atoms with Crippen LogP contribution >= 0.6 is 0 Å². The number of nitrogens with zero attached hydrogens (tertiary/aromatic N) is 1. The molecule has 0 unspecified atom stereocenters. The maximum Gasteiger partial charge on any atom is 0.220 e. The van der Waals surface area contributed by atoms with Gasteiger partial charge in [-0.1, -0.05) is 0 Å². The van der Waals surface area contributed by atoms with Gasteiger partial charge in [-0.25, -0.2) is 0 Å². The van der Waals surface area contributed by atoms with Gasteiger partial charge >= 0.3 is 0 Å². The molecule has 1 spiro atoms. The van der Waals surface area contributed by atoms with Crippen molar-refractivity contribution in [3.05, 3.63) is 0 Å². The molecule has 3 nitrogen and oxygen atoms in total. The van der Waals surface area contributed by atoms with Crippen LogP contribution < -0.4 is 5.32 Å². The Balaban J connectivity index is 1.94. The van der Waals surface area contributed by atoms with Crippen molar-refractivity contribution in [1.82, 2.24) is 10.2 Å². The SMILES string of the molecule is CC(C)(C)N1CC2(CCC(=O)N2)C1. The lowest BCUT2D eigenvalue weighted by Crippen LogP contribution is -2.71. The van der Waals surface area contributed by atoms with Gasteiger partial charge in [-0.2, -0.15) is 0 Å². The standard InChI is InChI=1S/C10H18N2O/c1-9(2,3)12-6-10(7-12)5-4-8(13)11-10/h4-7H2,1-3H3,(H,11,13). The maximum absolute atomic E-state index is 11.1. The quantitative estimate of drug-likeness (QED) is 0.599. The van der Waals surface area contributed by atoms with Gasteiger partial charge < -0.3 is 5.32 Å². The molecule has 1 amide bonds. The zero-order chi connectivity index (χ0) is 9.69. The number of nitrogens with one attached hydrogen (secondary N) is 1. The van der Waals surface area contributed by atoms with E-state index in [-0.39, 0.29) is 17.0 Å². The number of carbonyl (C=O) groups is 1. The predicted octanol–water partition coefficient (Wildman–Crippen LogP) is 0.749. The van der Waals surface area contributed by atoms with Gasteiger partial charge in [0.1, 0.15) is 0 Å². The second-order valence-electron chi connectivity index (χ2n) is 5.36. The third kappa shape index (κ3) is 1.46. The summed E-state index contributed by atoms with van der Waals surface area (Å²) >= 11 is 0. The predicted molar refractivity (Wildman–Crippen MR) is 51.4 cm³/mol. The van der Waals surface area contributed by atoms with Crippen LogP contribution in [-0.2, 0) is 4.79 Å². The van der Waals surface area contributed by atoms with E-state index in [2.05, 4.69) is 31.0 Å². The van der Waals surface area contributed by atoms with Crippen LogP contribution in [0.1, 0.15) is 33.6 Å². The summed E-state index contributed by atoms with van der Waals surface area (Å²) in [6.07, 6.45) is 1.75. The van der Waals surface area contributed by atoms with Crippen molar-refractivity contribution in [1.29, 1.82) is 0 Å². The summed E-state index contributed by atoms with van der Waals surface area (Å²) in [6.45, 7) is 8.72. The van der Waals surface area contributed by atoms with Gasteiger partial charge in [0.2, 0.25) is 5.91 Å². The minimum Gasteiger partial charge on any atom is -0.348 e. The Kier molecular flexibility index (Phi) is 1.71. The van der Waals surface area contributed by atoms with Crippen LogP contribution in [0.25, 0.3) is 0 Å². The second-order valence-corrected chi connectivity index (χ2v) is 5.36. The minimum absolute atomic E-state index is 0.143. The molecule has 2 rings (SSSR count). The van der Waals surface area contributed by atoms with E-state index in [1.54, 1.807) is 0 Å². The topological polar surface area (TPSA) is 32.3 Å². The molecule has 2 aliphatic rings. The summed E-state index contributed by atoms with van der Waals surface area (Å²) in [6, 6.07) is 0. The molecule has 74 valence electrons. The molecule has 2 fully saturated rings. The number of carbonyl (C=O) groups excluding carboxylic acids is 1. The lowest BCUT2D eigenvalue weighted by molar-refractivity contribution is -0.121. The van der Waals surface area contributed by atoms with Crippen molar-refractivity contribution < 1.29 is 4.79 Å². The Morgan fingerprint density at radius 1 is 1.38 bits per heavy atom. The van der Waals surface area contributed by atoms with Crippen molar-refractivity contribution in [2.45, 2.75) is 44.7 Å². The van der Waals surface area contributed by atoms with Gasteiger partial charge in [-0.3, -0.25) is 9.69 Å². The average Bonchev–Trinajstić information content (AvgIpc) is 2.25. The fourth-order valence-corrected chi connectivity index (χ4v) is 2.17. The average molecular weight is 182 g/mol. The first kappa shape index (κ1) is 9.00. The summed E-state index contributed by atoms with van der Waals surface area (Å²) in [5.41, 5.74) is 0.392. The van der Waals surface area contributed by atoms with E-state index in [1.807, 2.05) is 0 Å². The molecule has 0 saturated carbocycles. The Bertz CT molecular complexity index is 236. The van der Waals surface area contributed by atoms with E-state index in [1.165, 1.54) is 0 Å². The molecule has 0 radical (unpaired) electrons. The molecular formula is C10H18N2O. The van der Waals surface area contributed by atoms with Gasteiger partial charge in [0.25, 0.3) is 0 Å². The van der Waals surface area contributed by atoms with Crippen LogP contribution in [0.4, 0.5) is 0 Å². The lowest BCUT2D eigenvalue weighted by atomic mass is 9.84. The van der Waals surface area contributed by atoms with Gasteiger partial charge in [0, 0.05) is 25.0 Å². The lowest BCUT2D eigenvalue weighted by Gasteiger charge is -2.54. The summed E-state index contributed by atoms with van der Waals surface area (Å²) in [5, 5.41) is 3.09. The third-order valence-corrected chi connectivity index (χ3v) is 3.17. The highest BCUT2D eigenvalue weighted by Gasteiger charge is 2.50. The largest absolute Gasteiger partial charge is 0.348 e. The highest BCUT2D eigenvalue weighted by atomic mass is 16.2. The molecule has 0 aromatic carbocycles. The van der Waals surface area contributed by atoms with E-state index >= 15 is 0 Å². The highest BCUT2D eigenvalue weighted by Crippen LogP contribution is 2.34. The summed E-state index contributed by atoms with van der Waals surface area (Å²) in [4.78, 5) is 13.5. The maximum atomic E-state index is 11.1. The van der Waals surface area contributed by atoms with E-state index in [9.17, 15) is 4.79 Å². The number of hydrogen-bond acceptors (Lipinski definition) is 2. The number of rotatable bonds is 0. The second kappa shape index (κ2) is 2.47. The first-order valence-corrected chi connectivity index (χ1v) is 4.97. The van der Waals surface area contributed by atoms with Crippen LogP contribution in [0.15, 0.2) is 0 Å². The van der Waals surface area contributed by atoms with E-state index in [0.29, 0.717) is 0 Å². The molecule has 0 aromatic rings. The van der Waals surface area contributed by atoms with Crippen LogP contribution in [0.2, 0.25) is 0 Å². The van der Waals surface area contributed by atoms with Gasteiger partial charge in [-0.05, 0) is 27.2 Å². The fraction of sp³-hybridized carbons (Fsp3) is 0.900. The van der Waals surface area contributed by atoms with Gasteiger partial charge in [-0.15, -0.1) is 0 Å². The Morgan fingerprint density at radius 3 is 2.38 bits per heavy atom. The summed E-state index contributed by atoms with van der Waals surface area (Å²) in [5.74, 6) is 0.230. The van der Waals surface area contributed by atoms with Crippen molar-refractivity contribution in [3.8, 4) is 0 Å². The van der Waals surface area contributed by atoms with Crippen LogP contribution in [0.3, 0.4) is 0 Å². The molecule has 1 N–H and O–H groups in total. The number of amides is 1. The van der Waals surface area contributed by atoms with Crippen LogP contribution in [0, 0.1) is 0 Å². The van der Waals surface area contributed by atoms with Crippen molar-refractivity contribution in [3.63, 3.8) is 0 Å². The molecule has 0 aromatic heterocycles. The number of hydrogen-bond donors (Lipinski definition) is 1. The zero-order valence-corrected chi connectivity index (χ0v) is 8.68. The molecule has 3 heteroatoms. The van der Waals surface area contributed by atoms with E-state index in [0.717, 1.165) is 25.9 Å². The summed E-state index contributed by atoms with van der Waals surface area (Å²) in [7, 11) is 0. The molecule has 0 aliphatic carbocycles. The molecule has 0 bridgehead atoms. The zero-order valence-electron chi connectivity index (χ0n) is 8.68. The van der Waals surface area contributed by atoms with Crippen molar-refractivity contribution in [2.75, 3.05) is 13.1 Å². The molecule has 2 aliphatic heterocycles. The van der Waals surface area contributed by atoms with E-state index in [4.69, 9.17) is 0 Å². The van der Waals surface area contributed by atoms with Gasteiger partial charge in [0.05, 0.1) is 5.54 Å². The minimum atomic E-state index is 0.143. The van der Waals surface area contributed by atoms with Crippen molar-refractivity contribution >= 4 is 5.91 Å². The Morgan fingerprint density at radius 2 is 2.00 bits per heavy atom. The Labute approximate surface area is 79.5 Å². The first-order valence-electron chi connectivity index (χ1n) is 4.97. The number of likely N-dealkylation sites (tertiary alicyclic amines) is 1. The molecule has 13 heavy (non-hydrogen) atoms. The molecule has 2 heterocycles. The Hall–Kier alpha value is -0.570. The third-order valence-electron chi connectivity index (χ3n) is 3.17. The molecule has 2 saturated heterocycles. The normalized spacial score (nSPS) is 27.5. The summed E-state index contributed by atoms with van der Waals surface area (Å²) < 4.78 is 0. The first-order chi connectivity index (χ1) is 5.91. The highest BCUT2D eigenvalue weighted by molar-refractivity contribution is 5.79. The van der Waals surface area contributed by atoms with Crippen molar-refractivity contribution in [2.24, 2.45) is 0 Å².